The lowest BCUT2D eigenvalue weighted by Crippen LogP contribution is -2.12. The molecule has 0 aliphatic rings. The van der Waals surface area contributed by atoms with Gasteiger partial charge in [-0.1, -0.05) is 31.2 Å². The molecule has 0 saturated heterocycles. The Labute approximate surface area is 112 Å². The van der Waals surface area contributed by atoms with Crippen LogP contribution in [-0.4, -0.2) is 17.7 Å². The van der Waals surface area contributed by atoms with Gasteiger partial charge in [-0.25, -0.2) is 0 Å². The predicted octanol–water partition coefficient (Wildman–Crippen LogP) is 3.56. The number of hydrogen-bond donors (Lipinski definition) is 1. The molecule has 1 atom stereocenters. The number of hydrogen-bond acceptors (Lipinski definition) is 2. The molecule has 0 bridgehead atoms. The van der Waals surface area contributed by atoms with Crippen LogP contribution in [0.5, 0.6) is 5.75 Å². The largest absolute Gasteiger partial charge is 0.488 e. The molecule has 18 heavy (non-hydrogen) atoms. The summed E-state index contributed by atoms with van der Waals surface area (Å²) in [7, 11) is 0. The first-order chi connectivity index (χ1) is 8.40. The second-order valence-electron chi connectivity index (χ2n) is 4.45. The number of benzene rings is 1. The zero-order valence-electron chi connectivity index (χ0n) is 10.6. The average Bonchev–Trinajstić information content (AvgIpc) is 2.27. The van der Waals surface area contributed by atoms with Crippen molar-refractivity contribution in [3.05, 3.63) is 40.9 Å². The van der Waals surface area contributed by atoms with Gasteiger partial charge in [0, 0.05) is 0 Å². The maximum Gasteiger partial charge on any atom is 0.306 e. The van der Waals surface area contributed by atoms with E-state index in [1.54, 1.807) is 19.1 Å². The van der Waals surface area contributed by atoms with Gasteiger partial charge < -0.3 is 9.84 Å². The molecule has 0 heterocycles. The molecule has 1 unspecified atom stereocenters. The highest BCUT2D eigenvalue weighted by atomic mass is 35.5. The molecule has 98 valence electrons. The van der Waals surface area contributed by atoms with Crippen LogP contribution in [-0.2, 0) is 11.2 Å². The van der Waals surface area contributed by atoms with Crippen LogP contribution in [0, 0.1) is 5.92 Å². The van der Waals surface area contributed by atoms with E-state index < -0.39 is 11.9 Å². The van der Waals surface area contributed by atoms with E-state index in [0.29, 0.717) is 23.8 Å². The Morgan fingerprint density at radius 2 is 2.22 bits per heavy atom. The summed E-state index contributed by atoms with van der Waals surface area (Å²) < 4.78 is 5.46. The molecular weight excluding hydrogens is 252 g/mol. The maximum absolute atomic E-state index is 10.8. The summed E-state index contributed by atoms with van der Waals surface area (Å²) in [4.78, 5) is 10.8. The fraction of sp³-hybridized carbons (Fsp3) is 0.357. The van der Waals surface area contributed by atoms with Gasteiger partial charge >= 0.3 is 5.97 Å². The molecule has 0 aliphatic carbocycles. The summed E-state index contributed by atoms with van der Waals surface area (Å²) in [6, 6.07) is 5.34. The summed E-state index contributed by atoms with van der Waals surface area (Å²) in [5, 5.41) is 9.34. The predicted molar refractivity (Wildman–Crippen MR) is 72.3 cm³/mol. The first-order valence-corrected chi connectivity index (χ1v) is 6.06. The third kappa shape index (κ3) is 4.41. The molecule has 1 aromatic rings. The number of rotatable bonds is 6. The minimum Gasteiger partial charge on any atom is -0.488 e. The van der Waals surface area contributed by atoms with E-state index in [1.807, 2.05) is 13.0 Å². The molecule has 1 N–H and O–H groups in total. The highest BCUT2D eigenvalue weighted by Crippen LogP contribution is 2.26. The minimum atomic E-state index is -0.811. The summed E-state index contributed by atoms with van der Waals surface area (Å²) in [6.45, 7) is 7.70. The molecule has 0 radical (unpaired) electrons. The Morgan fingerprint density at radius 1 is 1.56 bits per heavy atom. The third-order valence-electron chi connectivity index (χ3n) is 2.43. The molecule has 0 amide bonds. The SMILES string of the molecule is C=C(C)COc1ccc(CC(C)C(=O)O)cc1Cl. The van der Waals surface area contributed by atoms with Crippen molar-refractivity contribution < 1.29 is 14.6 Å². The first-order valence-electron chi connectivity index (χ1n) is 5.68. The number of halogens is 1. The van der Waals surface area contributed by atoms with Crippen LogP contribution in [0.4, 0.5) is 0 Å². The van der Waals surface area contributed by atoms with Crippen LogP contribution in [0.15, 0.2) is 30.4 Å². The van der Waals surface area contributed by atoms with Crippen molar-refractivity contribution in [1.82, 2.24) is 0 Å². The first kappa shape index (κ1) is 14.6. The highest BCUT2D eigenvalue weighted by molar-refractivity contribution is 6.32. The quantitative estimate of drug-likeness (QED) is 0.803. The van der Waals surface area contributed by atoms with Gasteiger partial charge in [-0.2, -0.15) is 0 Å². The number of aliphatic carboxylic acids is 1. The van der Waals surface area contributed by atoms with Gasteiger partial charge in [0.1, 0.15) is 12.4 Å². The number of ether oxygens (including phenoxy) is 1. The zero-order chi connectivity index (χ0) is 13.7. The summed E-state index contributed by atoms with van der Waals surface area (Å²) >= 11 is 6.07. The Bertz CT molecular complexity index is 454. The minimum absolute atomic E-state index is 0.421. The number of carboxylic acids is 1. The topological polar surface area (TPSA) is 46.5 Å². The van der Waals surface area contributed by atoms with Gasteiger partial charge in [0.25, 0.3) is 0 Å². The molecule has 3 nitrogen and oxygen atoms in total. The van der Waals surface area contributed by atoms with Crippen LogP contribution in [0.2, 0.25) is 5.02 Å². The van der Waals surface area contributed by atoms with Crippen molar-refractivity contribution in [3.63, 3.8) is 0 Å². The van der Waals surface area contributed by atoms with Crippen LogP contribution < -0.4 is 4.74 Å². The molecule has 1 aromatic carbocycles. The summed E-state index contributed by atoms with van der Waals surface area (Å²) in [5.74, 6) is -0.650. The van der Waals surface area contributed by atoms with E-state index in [4.69, 9.17) is 21.4 Å². The van der Waals surface area contributed by atoms with Gasteiger partial charge in [0.05, 0.1) is 10.9 Å². The molecule has 0 aromatic heterocycles. The molecule has 0 aliphatic heterocycles. The second kappa shape index (κ2) is 6.45. The second-order valence-corrected chi connectivity index (χ2v) is 4.86. The van der Waals surface area contributed by atoms with E-state index in [-0.39, 0.29) is 0 Å². The smallest absolute Gasteiger partial charge is 0.306 e. The fourth-order valence-corrected chi connectivity index (χ4v) is 1.69. The van der Waals surface area contributed by atoms with Crippen LogP contribution in [0.3, 0.4) is 0 Å². The molecule has 4 heteroatoms. The molecule has 0 fully saturated rings. The third-order valence-corrected chi connectivity index (χ3v) is 2.73. The molecule has 1 rings (SSSR count). The van der Waals surface area contributed by atoms with Crippen molar-refractivity contribution in [1.29, 1.82) is 0 Å². The molecule has 0 saturated carbocycles. The van der Waals surface area contributed by atoms with E-state index in [0.717, 1.165) is 11.1 Å². The highest BCUT2D eigenvalue weighted by Gasteiger charge is 2.12. The van der Waals surface area contributed by atoms with Gasteiger partial charge in [0.15, 0.2) is 0 Å². The van der Waals surface area contributed by atoms with Gasteiger partial charge in [-0.3, -0.25) is 4.79 Å². The van der Waals surface area contributed by atoms with Crippen molar-refractivity contribution >= 4 is 17.6 Å². The standard InChI is InChI=1S/C14H17ClO3/c1-9(2)8-18-13-5-4-11(7-12(13)15)6-10(3)14(16)17/h4-5,7,10H,1,6,8H2,2-3H3,(H,16,17). The molecular formula is C14H17ClO3. The van der Waals surface area contributed by atoms with E-state index in [1.165, 1.54) is 0 Å². The summed E-state index contributed by atoms with van der Waals surface area (Å²) in [5.41, 5.74) is 1.80. The van der Waals surface area contributed by atoms with Crippen LogP contribution >= 0.6 is 11.6 Å². The zero-order valence-corrected chi connectivity index (χ0v) is 11.3. The van der Waals surface area contributed by atoms with Crippen molar-refractivity contribution in [2.75, 3.05) is 6.61 Å². The Balaban J connectivity index is 2.73. The van der Waals surface area contributed by atoms with Gasteiger partial charge in [-0.05, 0) is 36.6 Å². The van der Waals surface area contributed by atoms with Crippen LogP contribution in [0.25, 0.3) is 0 Å². The average molecular weight is 269 g/mol. The monoisotopic (exact) mass is 268 g/mol. The lowest BCUT2D eigenvalue weighted by atomic mass is 10.0. The fourth-order valence-electron chi connectivity index (χ4n) is 1.43. The number of carboxylic acid groups (broad SMARTS) is 1. The van der Waals surface area contributed by atoms with E-state index in [9.17, 15) is 4.79 Å². The lowest BCUT2D eigenvalue weighted by molar-refractivity contribution is -0.141. The Morgan fingerprint density at radius 3 is 2.72 bits per heavy atom. The molecule has 0 spiro atoms. The Hall–Kier alpha value is -1.48. The van der Waals surface area contributed by atoms with Gasteiger partial charge in [0.2, 0.25) is 0 Å². The van der Waals surface area contributed by atoms with Crippen LogP contribution in [0.1, 0.15) is 19.4 Å². The van der Waals surface area contributed by atoms with Crippen molar-refractivity contribution in [2.24, 2.45) is 5.92 Å². The summed E-state index contributed by atoms with van der Waals surface area (Å²) in [6.07, 6.45) is 0.454. The lowest BCUT2D eigenvalue weighted by Gasteiger charge is -2.10. The van der Waals surface area contributed by atoms with Crippen molar-refractivity contribution in [2.45, 2.75) is 20.3 Å². The van der Waals surface area contributed by atoms with Gasteiger partial charge in [-0.15, -0.1) is 0 Å². The van der Waals surface area contributed by atoms with Crippen molar-refractivity contribution in [3.8, 4) is 5.75 Å². The Kier molecular flexibility index (Phi) is 5.23. The normalized spacial score (nSPS) is 11.9. The van der Waals surface area contributed by atoms with E-state index in [2.05, 4.69) is 6.58 Å². The van der Waals surface area contributed by atoms with E-state index >= 15 is 0 Å². The number of carbonyl (C=O) groups is 1. The maximum atomic E-state index is 10.8.